The highest BCUT2D eigenvalue weighted by atomic mass is 127. The summed E-state index contributed by atoms with van der Waals surface area (Å²) in [5.74, 6) is 1.15. The lowest BCUT2D eigenvalue weighted by atomic mass is 10.1. The van der Waals surface area contributed by atoms with E-state index in [4.69, 9.17) is 4.74 Å². The molecule has 2 rings (SSSR count). The molecule has 28 heavy (non-hydrogen) atoms. The molecule has 1 aromatic heterocycles. The van der Waals surface area contributed by atoms with Gasteiger partial charge in [0.15, 0.2) is 11.7 Å². The van der Waals surface area contributed by atoms with Crippen LogP contribution in [0.25, 0.3) is 0 Å². The molecule has 0 aliphatic heterocycles. The van der Waals surface area contributed by atoms with Crippen LogP contribution < -0.4 is 15.4 Å². The first-order valence-corrected chi connectivity index (χ1v) is 8.51. The van der Waals surface area contributed by atoms with E-state index in [1.807, 2.05) is 32.0 Å². The number of benzene rings is 1. The van der Waals surface area contributed by atoms with Crippen molar-refractivity contribution < 1.29 is 17.9 Å². The molecule has 0 radical (unpaired) electrons. The number of hydrogen-bond acceptors (Lipinski definition) is 3. The van der Waals surface area contributed by atoms with E-state index in [1.54, 1.807) is 7.05 Å². The van der Waals surface area contributed by atoms with Gasteiger partial charge in [-0.3, -0.25) is 9.67 Å². The predicted octanol–water partition coefficient (Wildman–Crippen LogP) is 3.63. The molecule has 156 valence electrons. The molecule has 0 atom stereocenters. The van der Waals surface area contributed by atoms with Crippen molar-refractivity contribution in [3.05, 3.63) is 46.8 Å². The Balaban J connectivity index is 0.00000392. The smallest absolute Gasteiger partial charge is 0.435 e. The topological polar surface area (TPSA) is 63.5 Å². The Morgan fingerprint density at radius 2 is 1.86 bits per heavy atom. The van der Waals surface area contributed by atoms with Gasteiger partial charge >= 0.3 is 6.18 Å². The molecule has 0 spiro atoms. The van der Waals surface area contributed by atoms with Gasteiger partial charge in [0.2, 0.25) is 0 Å². The lowest BCUT2D eigenvalue weighted by Crippen LogP contribution is -2.36. The van der Waals surface area contributed by atoms with Gasteiger partial charge in [-0.1, -0.05) is 12.1 Å². The Kier molecular flexibility index (Phi) is 9.05. The third-order valence-electron chi connectivity index (χ3n) is 3.81. The Hall–Kier alpha value is -1.98. The second-order valence-electron chi connectivity index (χ2n) is 6.00. The van der Waals surface area contributed by atoms with Crippen molar-refractivity contribution in [1.29, 1.82) is 0 Å². The van der Waals surface area contributed by atoms with Crippen LogP contribution in [-0.2, 0) is 26.3 Å². The number of alkyl halides is 3. The fraction of sp³-hybridized carbons (Fsp3) is 0.444. The van der Waals surface area contributed by atoms with Crippen molar-refractivity contribution in [2.45, 2.75) is 33.1 Å². The maximum absolute atomic E-state index is 13.0. The molecular weight excluding hydrogens is 486 g/mol. The third kappa shape index (κ3) is 6.57. The summed E-state index contributed by atoms with van der Waals surface area (Å²) < 4.78 is 45.9. The predicted molar refractivity (Wildman–Crippen MR) is 113 cm³/mol. The van der Waals surface area contributed by atoms with E-state index in [1.165, 1.54) is 13.2 Å². The fourth-order valence-electron chi connectivity index (χ4n) is 2.58. The molecule has 1 aromatic carbocycles. The van der Waals surface area contributed by atoms with Crippen molar-refractivity contribution in [3.63, 3.8) is 0 Å². The molecule has 2 N–H and O–H groups in total. The number of rotatable bonds is 6. The van der Waals surface area contributed by atoms with Crippen LogP contribution in [0.5, 0.6) is 5.75 Å². The van der Waals surface area contributed by atoms with Gasteiger partial charge in [0, 0.05) is 44.5 Å². The molecule has 6 nitrogen and oxygen atoms in total. The van der Waals surface area contributed by atoms with Gasteiger partial charge in [-0.2, -0.15) is 18.3 Å². The van der Waals surface area contributed by atoms with Gasteiger partial charge in [0.25, 0.3) is 0 Å². The lowest BCUT2D eigenvalue weighted by Gasteiger charge is -2.15. The zero-order valence-electron chi connectivity index (χ0n) is 16.2. The summed E-state index contributed by atoms with van der Waals surface area (Å²) in [5.41, 5.74) is 1.17. The van der Waals surface area contributed by atoms with Crippen LogP contribution in [-0.4, -0.2) is 29.4 Å². The van der Waals surface area contributed by atoms with E-state index >= 15 is 0 Å². The van der Waals surface area contributed by atoms with Crippen molar-refractivity contribution in [1.82, 2.24) is 20.4 Å². The number of nitrogens with one attached hydrogen (secondary N) is 2. The maximum Gasteiger partial charge on any atom is 0.435 e. The Morgan fingerprint density at radius 1 is 1.21 bits per heavy atom. The van der Waals surface area contributed by atoms with Gasteiger partial charge in [0.05, 0.1) is 6.61 Å². The quantitative estimate of drug-likeness (QED) is 0.354. The van der Waals surface area contributed by atoms with Gasteiger partial charge in [-0.25, -0.2) is 0 Å². The van der Waals surface area contributed by atoms with Crippen LogP contribution in [0.2, 0.25) is 0 Å². The average Bonchev–Trinajstić information content (AvgIpc) is 2.98. The first-order valence-electron chi connectivity index (χ1n) is 8.51. The molecular formula is C18H25F3IN5O. The Bertz CT molecular complexity index is 805. The monoisotopic (exact) mass is 511 g/mol. The van der Waals surface area contributed by atoms with Crippen molar-refractivity contribution in [2.24, 2.45) is 12.0 Å². The summed E-state index contributed by atoms with van der Waals surface area (Å²) in [6, 6.07) is 5.87. The molecule has 0 bridgehead atoms. The van der Waals surface area contributed by atoms with Crippen LogP contribution >= 0.6 is 24.0 Å². The summed E-state index contributed by atoms with van der Waals surface area (Å²) in [6.07, 6.45) is -3.15. The number of aliphatic imine (C=N–C) groups is 1. The van der Waals surface area contributed by atoms with Crippen molar-refractivity contribution >= 4 is 29.9 Å². The second-order valence-corrected chi connectivity index (χ2v) is 6.00. The van der Waals surface area contributed by atoms with E-state index in [-0.39, 0.29) is 36.1 Å². The Labute approximate surface area is 179 Å². The number of aromatic nitrogens is 2. The number of guanidine groups is 1. The van der Waals surface area contributed by atoms with Crippen LogP contribution in [0.3, 0.4) is 0 Å². The van der Waals surface area contributed by atoms with Gasteiger partial charge < -0.3 is 15.4 Å². The molecule has 1 heterocycles. The Morgan fingerprint density at radius 3 is 2.43 bits per heavy atom. The normalized spacial score (nSPS) is 11.8. The minimum Gasteiger partial charge on any atom is -0.494 e. The number of hydrogen-bond donors (Lipinski definition) is 2. The zero-order valence-corrected chi connectivity index (χ0v) is 18.6. The number of halogens is 4. The van der Waals surface area contributed by atoms with E-state index < -0.39 is 11.9 Å². The summed E-state index contributed by atoms with van der Waals surface area (Å²) in [6.45, 7) is 4.81. The highest BCUT2D eigenvalue weighted by molar-refractivity contribution is 14.0. The molecule has 2 aromatic rings. The number of ether oxygens (including phenoxy) is 1. The van der Waals surface area contributed by atoms with Crippen molar-refractivity contribution in [2.75, 3.05) is 13.7 Å². The van der Waals surface area contributed by atoms with Crippen molar-refractivity contribution in [3.8, 4) is 5.75 Å². The molecule has 0 saturated heterocycles. The van der Waals surface area contributed by atoms with Crippen LogP contribution in [0.15, 0.2) is 29.4 Å². The van der Waals surface area contributed by atoms with Crippen LogP contribution in [0.4, 0.5) is 13.2 Å². The number of nitrogens with zero attached hydrogens (tertiary/aromatic N) is 3. The molecule has 0 saturated carbocycles. The van der Waals surface area contributed by atoms with Crippen LogP contribution in [0, 0.1) is 6.92 Å². The van der Waals surface area contributed by atoms with Crippen LogP contribution in [0.1, 0.15) is 29.3 Å². The van der Waals surface area contributed by atoms with E-state index in [2.05, 4.69) is 20.7 Å². The summed E-state index contributed by atoms with van der Waals surface area (Å²) >= 11 is 0. The van der Waals surface area contributed by atoms with E-state index in [0.717, 1.165) is 21.6 Å². The first-order chi connectivity index (χ1) is 12.7. The highest BCUT2D eigenvalue weighted by Crippen LogP contribution is 2.30. The van der Waals surface area contributed by atoms with E-state index in [0.29, 0.717) is 19.1 Å². The lowest BCUT2D eigenvalue weighted by molar-refractivity contribution is -0.142. The first kappa shape index (κ1) is 24.1. The molecule has 0 aliphatic carbocycles. The minimum atomic E-state index is -4.50. The van der Waals surface area contributed by atoms with Gasteiger partial charge in [-0.15, -0.1) is 24.0 Å². The molecule has 0 fully saturated rings. The summed E-state index contributed by atoms with van der Waals surface area (Å²) in [4.78, 5) is 4.06. The van der Waals surface area contributed by atoms with E-state index in [9.17, 15) is 13.2 Å². The number of aryl methyl sites for hydroxylation is 2. The minimum absolute atomic E-state index is 0. The second kappa shape index (κ2) is 10.5. The van der Waals surface area contributed by atoms with Gasteiger partial charge in [-0.05, 0) is 25.5 Å². The fourth-order valence-corrected chi connectivity index (χ4v) is 2.58. The molecule has 0 aliphatic rings. The highest BCUT2D eigenvalue weighted by Gasteiger charge is 2.36. The molecule has 0 amide bonds. The zero-order chi connectivity index (χ0) is 20.0. The maximum atomic E-state index is 13.0. The SMILES string of the molecule is CCOc1cc(C)ccc1CNC(=NC)NCc1cn(C)nc1C(F)(F)F.I. The third-order valence-corrected chi connectivity index (χ3v) is 3.81. The molecule has 0 unspecified atom stereocenters. The average molecular weight is 511 g/mol. The van der Waals surface area contributed by atoms with Gasteiger partial charge in [0.1, 0.15) is 5.75 Å². The standard InChI is InChI=1S/C18H24F3N5O.HI/c1-5-27-15-8-12(2)6-7-13(15)9-23-17(22-3)24-10-14-11-26(4)25-16(14)18(19,20)21;/h6-8,11H,5,9-10H2,1-4H3,(H2,22,23,24);1H. The molecule has 10 heteroatoms. The summed E-state index contributed by atoms with van der Waals surface area (Å²) in [5, 5.41) is 9.47. The largest absolute Gasteiger partial charge is 0.494 e. The summed E-state index contributed by atoms with van der Waals surface area (Å²) in [7, 11) is 3.01.